The molecule has 3 rings (SSSR count). The summed E-state index contributed by atoms with van der Waals surface area (Å²) in [4.78, 5) is 17.5. The molecule has 6 nitrogen and oxygen atoms in total. The predicted octanol–water partition coefficient (Wildman–Crippen LogP) is 3.63. The fourth-order valence-corrected chi connectivity index (χ4v) is 3.16. The summed E-state index contributed by atoms with van der Waals surface area (Å²) in [7, 11) is 3.16. The molecule has 2 aromatic rings. The summed E-state index contributed by atoms with van der Waals surface area (Å²) in [6.45, 7) is 3.94. The van der Waals surface area contributed by atoms with E-state index in [1.54, 1.807) is 21.1 Å². The van der Waals surface area contributed by atoms with E-state index in [2.05, 4.69) is 5.32 Å². The molecule has 1 heterocycles. The number of amidine groups is 1. The summed E-state index contributed by atoms with van der Waals surface area (Å²) in [6, 6.07) is 14.8. The second-order valence-electron chi connectivity index (χ2n) is 6.24. The zero-order valence-electron chi connectivity index (χ0n) is 16.5. The van der Waals surface area contributed by atoms with Crippen molar-refractivity contribution in [3.63, 3.8) is 0 Å². The minimum absolute atomic E-state index is 0.295. The molecule has 0 radical (unpaired) electrons. The number of allylic oxidation sites excluding steroid dienone is 1. The van der Waals surface area contributed by atoms with Crippen molar-refractivity contribution in [1.29, 1.82) is 0 Å². The van der Waals surface area contributed by atoms with Gasteiger partial charge in [-0.15, -0.1) is 0 Å². The van der Waals surface area contributed by atoms with Gasteiger partial charge in [-0.05, 0) is 31.5 Å². The monoisotopic (exact) mass is 380 g/mol. The van der Waals surface area contributed by atoms with Crippen molar-refractivity contribution >= 4 is 11.8 Å². The van der Waals surface area contributed by atoms with Crippen LogP contribution in [0.2, 0.25) is 0 Å². The molecule has 0 aromatic heterocycles. The topological polar surface area (TPSA) is 69.2 Å². The average molecular weight is 380 g/mol. The molecule has 0 amide bonds. The summed E-state index contributed by atoms with van der Waals surface area (Å²) in [5, 5.41) is 3.25. The Morgan fingerprint density at radius 1 is 1.07 bits per heavy atom. The highest BCUT2D eigenvalue weighted by molar-refractivity contribution is 6.03. The van der Waals surface area contributed by atoms with Crippen molar-refractivity contribution in [2.24, 2.45) is 4.99 Å². The molecule has 0 saturated heterocycles. The van der Waals surface area contributed by atoms with Crippen molar-refractivity contribution in [1.82, 2.24) is 5.32 Å². The minimum atomic E-state index is -0.518. The van der Waals surface area contributed by atoms with E-state index < -0.39 is 6.04 Å². The molecular formula is C22H24N2O4. The van der Waals surface area contributed by atoms with Gasteiger partial charge in [0.1, 0.15) is 11.9 Å². The first-order chi connectivity index (χ1) is 13.6. The quantitative estimate of drug-likeness (QED) is 0.775. The second kappa shape index (κ2) is 8.61. The molecule has 6 heteroatoms. The standard InChI is InChI=1S/C22H24N2O4/c1-5-28-22(25)19-14(2)23-21(15-9-7-6-8-10-15)24-20(19)16-11-12-17(26-3)18(13-16)27-4/h6-13,20H,5H2,1-4H3,(H,23,24). The first kappa shape index (κ1) is 19.5. The average Bonchev–Trinajstić information content (AvgIpc) is 2.73. The molecule has 0 spiro atoms. The maximum Gasteiger partial charge on any atom is 0.338 e. The molecule has 0 aliphatic carbocycles. The molecule has 1 atom stereocenters. The number of hydrogen-bond acceptors (Lipinski definition) is 6. The van der Waals surface area contributed by atoms with E-state index in [9.17, 15) is 4.79 Å². The van der Waals surface area contributed by atoms with Crippen molar-refractivity contribution in [3.05, 3.63) is 70.9 Å². The molecule has 0 bridgehead atoms. The molecule has 2 aromatic carbocycles. The predicted molar refractivity (Wildman–Crippen MR) is 108 cm³/mol. The van der Waals surface area contributed by atoms with Gasteiger partial charge in [-0.25, -0.2) is 4.79 Å². The number of rotatable bonds is 6. The first-order valence-electron chi connectivity index (χ1n) is 9.09. The number of nitrogens with one attached hydrogen (secondary N) is 1. The zero-order chi connectivity index (χ0) is 20.1. The number of hydrogen-bond donors (Lipinski definition) is 1. The lowest BCUT2D eigenvalue weighted by atomic mass is 9.95. The normalized spacial score (nSPS) is 16.1. The summed E-state index contributed by atoms with van der Waals surface area (Å²) in [5.41, 5.74) is 2.95. The Kier molecular flexibility index (Phi) is 5.99. The number of methoxy groups -OCH3 is 2. The number of carbonyl (C=O) groups excluding carboxylic acids is 1. The Morgan fingerprint density at radius 2 is 1.79 bits per heavy atom. The maximum absolute atomic E-state index is 12.7. The molecule has 1 aliphatic rings. The van der Waals surface area contributed by atoms with Crippen molar-refractivity contribution in [3.8, 4) is 11.5 Å². The second-order valence-corrected chi connectivity index (χ2v) is 6.24. The lowest BCUT2D eigenvalue weighted by Gasteiger charge is -2.26. The number of aliphatic imine (C=N–C) groups is 1. The number of esters is 1. The van der Waals surface area contributed by atoms with Gasteiger partial charge in [0.15, 0.2) is 11.5 Å². The van der Waals surface area contributed by atoms with E-state index in [0.717, 1.165) is 11.1 Å². The van der Waals surface area contributed by atoms with Gasteiger partial charge in [-0.2, -0.15) is 0 Å². The molecule has 1 unspecified atom stereocenters. The summed E-state index contributed by atoms with van der Waals surface area (Å²) >= 11 is 0. The smallest absolute Gasteiger partial charge is 0.338 e. The van der Waals surface area contributed by atoms with E-state index in [1.807, 2.05) is 55.5 Å². The van der Waals surface area contributed by atoms with Crippen LogP contribution in [-0.4, -0.2) is 32.6 Å². The van der Waals surface area contributed by atoms with Gasteiger partial charge in [-0.1, -0.05) is 36.4 Å². The summed E-state index contributed by atoms with van der Waals surface area (Å²) < 4.78 is 16.0. The van der Waals surface area contributed by atoms with E-state index in [0.29, 0.717) is 35.2 Å². The minimum Gasteiger partial charge on any atom is -0.493 e. The highest BCUT2D eigenvalue weighted by atomic mass is 16.5. The van der Waals surface area contributed by atoms with E-state index in [4.69, 9.17) is 19.2 Å². The fourth-order valence-electron chi connectivity index (χ4n) is 3.16. The molecule has 0 saturated carbocycles. The molecular weight excluding hydrogens is 356 g/mol. The Morgan fingerprint density at radius 3 is 2.43 bits per heavy atom. The largest absolute Gasteiger partial charge is 0.493 e. The molecule has 1 aliphatic heterocycles. The SMILES string of the molecule is CCOC(=O)C1=C(C)NC(c2ccccc2)=NC1c1ccc(OC)c(OC)c1. The summed E-state index contributed by atoms with van der Waals surface area (Å²) in [6.07, 6.45) is 0. The summed E-state index contributed by atoms with van der Waals surface area (Å²) in [5.74, 6) is 1.51. The van der Waals surface area contributed by atoms with Crippen LogP contribution in [0.1, 0.15) is 31.0 Å². The van der Waals surface area contributed by atoms with Gasteiger partial charge in [0, 0.05) is 11.3 Å². The van der Waals surface area contributed by atoms with Crippen molar-refractivity contribution in [2.75, 3.05) is 20.8 Å². The zero-order valence-corrected chi connectivity index (χ0v) is 16.5. The van der Waals surface area contributed by atoms with Crippen molar-refractivity contribution < 1.29 is 19.0 Å². The Hall–Kier alpha value is -3.28. The van der Waals surface area contributed by atoms with Crippen LogP contribution in [0.5, 0.6) is 11.5 Å². The van der Waals surface area contributed by atoms with E-state index >= 15 is 0 Å². The van der Waals surface area contributed by atoms with Gasteiger partial charge < -0.3 is 19.5 Å². The van der Waals surface area contributed by atoms with Gasteiger partial charge in [0.25, 0.3) is 0 Å². The third-order valence-corrected chi connectivity index (χ3v) is 4.51. The van der Waals surface area contributed by atoms with E-state index in [1.165, 1.54) is 0 Å². The Balaban J connectivity index is 2.11. The van der Waals surface area contributed by atoms with Crippen LogP contribution in [0.4, 0.5) is 0 Å². The fraction of sp³-hybridized carbons (Fsp3) is 0.273. The first-order valence-corrected chi connectivity index (χ1v) is 9.09. The molecule has 1 N–H and O–H groups in total. The van der Waals surface area contributed by atoms with Gasteiger partial charge in [0.2, 0.25) is 0 Å². The van der Waals surface area contributed by atoms with Crippen LogP contribution in [0.15, 0.2) is 64.8 Å². The highest BCUT2D eigenvalue weighted by Crippen LogP contribution is 2.37. The van der Waals surface area contributed by atoms with Crippen LogP contribution < -0.4 is 14.8 Å². The van der Waals surface area contributed by atoms with Gasteiger partial charge in [0.05, 0.1) is 26.4 Å². The van der Waals surface area contributed by atoms with Crippen LogP contribution >= 0.6 is 0 Å². The third-order valence-electron chi connectivity index (χ3n) is 4.51. The van der Waals surface area contributed by atoms with Crippen LogP contribution in [0.3, 0.4) is 0 Å². The van der Waals surface area contributed by atoms with Crippen LogP contribution in [0, 0.1) is 0 Å². The Bertz CT molecular complexity index is 919. The number of nitrogens with zero attached hydrogens (tertiary/aromatic N) is 1. The lowest BCUT2D eigenvalue weighted by molar-refractivity contribution is -0.138. The highest BCUT2D eigenvalue weighted by Gasteiger charge is 2.31. The number of carbonyl (C=O) groups is 1. The van der Waals surface area contributed by atoms with Gasteiger partial charge >= 0.3 is 5.97 Å². The lowest BCUT2D eigenvalue weighted by Crippen LogP contribution is -2.32. The van der Waals surface area contributed by atoms with Crippen LogP contribution in [-0.2, 0) is 9.53 Å². The molecule has 0 fully saturated rings. The van der Waals surface area contributed by atoms with E-state index in [-0.39, 0.29) is 5.97 Å². The molecule has 28 heavy (non-hydrogen) atoms. The van der Waals surface area contributed by atoms with Gasteiger partial charge in [-0.3, -0.25) is 4.99 Å². The number of ether oxygens (including phenoxy) is 3. The molecule has 146 valence electrons. The van der Waals surface area contributed by atoms with Crippen LogP contribution in [0.25, 0.3) is 0 Å². The number of benzene rings is 2. The maximum atomic E-state index is 12.7. The Labute approximate surface area is 164 Å². The van der Waals surface area contributed by atoms with Crippen molar-refractivity contribution in [2.45, 2.75) is 19.9 Å². The third kappa shape index (κ3) is 3.86.